The van der Waals surface area contributed by atoms with Crippen molar-refractivity contribution in [3.8, 4) is 0 Å². The normalized spacial score (nSPS) is 23.8. The minimum Gasteiger partial charge on any atom is -0.375 e. The molecule has 4 heteroatoms. The summed E-state index contributed by atoms with van der Waals surface area (Å²) in [5, 5.41) is -0.293. The Morgan fingerprint density at radius 3 is 2.72 bits per heavy atom. The Morgan fingerprint density at radius 2 is 2.11 bits per heavy atom. The van der Waals surface area contributed by atoms with Crippen LogP contribution in [0.1, 0.15) is 18.4 Å². The van der Waals surface area contributed by atoms with E-state index in [1.54, 1.807) is 0 Å². The number of rotatable bonds is 5. The van der Waals surface area contributed by atoms with Gasteiger partial charge in [0, 0.05) is 0 Å². The Bertz CT molecular complexity index is 372. The quantitative estimate of drug-likeness (QED) is 0.771. The Hall–Kier alpha value is -0.900. The molecule has 1 heterocycles. The van der Waals surface area contributed by atoms with Gasteiger partial charge in [-0.2, -0.15) is 0 Å². The molecule has 1 aromatic rings. The molecule has 2 rings (SSSR count). The molecule has 1 fully saturated rings. The average molecular weight is 269 g/mol. The van der Waals surface area contributed by atoms with E-state index in [1.807, 2.05) is 30.3 Å². The van der Waals surface area contributed by atoms with Crippen LogP contribution < -0.4 is 0 Å². The zero-order valence-electron chi connectivity index (χ0n) is 10.2. The van der Waals surface area contributed by atoms with Crippen molar-refractivity contribution in [2.45, 2.75) is 25.6 Å². The number of carbonyl (C=O) groups excluding carboxylic acids is 1. The molecule has 0 N–H and O–H groups in total. The molecule has 18 heavy (non-hydrogen) atoms. The van der Waals surface area contributed by atoms with Gasteiger partial charge in [-0.1, -0.05) is 30.3 Å². The molecule has 98 valence electrons. The molecule has 1 saturated heterocycles. The summed E-state index contributed by atoms with van der Waals surface area (Å²) in [6.07, 6.45) is 1.71. The lowest BCUT2D eigenvalue weighted by atomic mass is 10.00. The maximum Gasteiger partial charge on any atom is 0.227 e. The summed E-state index contributed by atoms with van der Waals surface area (Å²) in [6, 6.07) is 10.0. The maximum atomic E-state index is 11.0. The first-order valence-corrected chi connectivity index (χ1v) is 6.56. The Kier molecular flexibility index (Phi) is 5.17. The smallest absolute Gasteiger partial charge is 0.227 e. The third-order valence-electron chi connectivity index (χ3n) is 3.11. The highest BCUT2D eigenvalue weighted by molar-refractivity contribution is 6.64. The summed E-state index contributed by atoms with van der Waals surface area (Å²) < 4.78 is 11.2. The summed E-state index contributed by atoms with van der Waals surface area (Å²) in [4.78, 5) is 11.0. The fourth-order valence-corrected chi connectivity index (χ4v) is 2.17. The van der Waals surface area contributed by atoms with E-state index in [4.69, 9.17) is 21.1 Å². The summed E-state index contributed by atoms with van der Waals surface area (Å²) in [7, 11) is 0. The van der Waals surface area contributed by atoms with Gasteiger partial charge in [0.25, 0.3) is 0 Å². The lowest BCUT2D eigenvalue weighted by molar-refractivity contribution is -0.123. The van der Waals surface area contributed by atoms with Crippen molar-refractivity contribution in [3.63, 3.8) is 0 Å². The molecule has 2 atom stereocenters. The highest BCUT2D eigenvalue weighted by Crippen LogP contribution is 2.21. The van der Waals surface area contributed by atoms with Crippen LogP contribution in [0, 0.1) is 5.92 Å². The van der Waals surface area contributed by atoms with Gasteiger partial charge in [-0.3, -0.25) is 4.79 Å². The van der Waals surface area contributed by atoms with E-state index in [0.717, 1.165) is 18.4 Å². The molecule has 0 spiro atoms. The Morgan fingerprint density at radius 1 is 1.33 bits per heavy atom. The minimum absolute atomic E-state index is 0.0842. The second-order valence-corrected chi connectivity index (χ2v) is 4.91. The van der Waals surface area contributed by atoms with Crippen LogP contribution in [0.15, 0.2) is 30.3 Å². The van der Waals surface area contributed by atoms with Gasteiger partial charge in [-0.15, -0.1) is 0 Å². The maximum absolute atomic E-state index is 11.0. The van der Waals surface area contributed by atoms with Gasteiger partial charge in [-0.25, -0.2) is 0 Å². The van der Waals surface area contributed by atoms with Gasteiger partial charge in [0.1, 0.15) is 0 Å². The minimum atomic E-state index is -0.293. The lowest BCUT2D eigenvalue weighted by Crippen LogP contribution is -2.31. The van der Waals surface area contributed by atoms with Gasteiger partial charge in [0.15, 0.2) is 0 Å². The molecule has 2 unspecified atom stereocenters. The van der Waals surface area contributed by atoms with E-state index in [-0.39, 0.29) is 17.3 Å². The van der Waals surface area contributed by atoms with Crippen molar-refractivity contribution in [2.75, 3.05) is 13.2 Å². The number of carbonyl (C=O) groups is 1. The van der Waals surface area contributed by atoms with Gasteiger partial charge in [0.05, 0.1) is 31.8 Å². The fraction of sp³-hybridized carbons (Fsp3) is 0.500. The van der Waals surface area contributed by atoms with Crippen LogP contribution in [-0.4, -0.2) is 24.6 Å². The third kappa shape index (κ3) is 4.09. The molecule has 0 aliphatic carbocycles. The largest absolute Gasteiger partial charge is 0.375 e. The van der Waals surface area contributed by atoms with Gasteiger partial charge in [-0.05, 0) is 30.0 Å². The fourth-order valence-electron chi connectivity index (χ4n) is 2.00. The van der Waals surface area contributed by atoms with E-state index < -0.39 is 0 Å². The highest BCUT2D eigenvalue weighted by atomic mass is 35.5. The highest BCUT2D eigenvalue weighted by Gasteiger charge is 2.25. The van der Waals surface area contributed by atoms with Crippen molar-refractivity contribution < 1.29 is 14.3 Å². The molecular weight excluding hydrogens is 252 g/mol. The van der Waals surface area contributed by atoms with E-state index in [9.17, 15) is 4.79 Å². The number of hydrogen-bond acceptors (Lipinski definition) is 3. The summed E-state index contributed by atoms with van der Waals surface area (Å²) in [6.45, 7) is 1.58. The van der Waals surface area contributed by atoms with E-state index in [1.165, 1.54) is 0 Å². The van der Waals surface area contributed by atoms with Gasteiger partial charge < -0.3 is 9.47 Å². The first-order valence-electron chi connectivity index (χ1n) is 6.18. The van der Waals surface area contributed by atoms with Crippen LogP contribution in [0.5, 0.6) is 0 Å². The number of halogens is 1. The average Bonchev–Trinajstić information content (AvgIpc) is 2.40. The summed E-state index contributed by atoms with van der Waals surface area (Å²) >= 11 is 5.44. The second kappa shape index (κ2) is 6.88. The van der Waals surface area contributed by atoms with Crippen molar-refractivity contribution in [1.29, 1.82) is 0 Å². The van der Waals surface area contributed by atoms with Crippen molar-refractivity contribution in [2.24, 2.45) is 5.92 Å². The molecule has 0 saturated carbocycles. The molecule has 1 aromatic carbocycles. The summed E-state index contributed by atoms with van der Waals surface area (Å²) in [5.41, 5.74) is 1.15. The monoisotopic (exact) mass is 268 g/mol. The van der Waals surface area contributed by atoms with Crippen molar-refractivity contribution in [3.05, 3.63) is 35.9 Å². The molecule has 3 nitrogen and oxygen atoms in total. The number of benzene rings is 1. The topological polar surface area (TPSA) is 35.5 Å². The molecule has 0 amide bonds. The molecular formula is C14H17ClO3. The second-order valence-electron chi connectivity index (χ2n) is 4.53. The standard InChI is InChI=1S/C14H17ClO3/c15-14(16)12-6-7-13(18-9-12)10-17-8-11-4-2-1-3-5-11/h1-5,12-13H,6-10H2. The van der Waals surface area contributed by atoms with Crippen molar-refractivity contribution >= 4 is 16.8 Å². The molecule has 0 bridgehead atoms. The van der Waals surface area contributed by atoms with Gasteiger partial charge >= 0.3 is 0 Å². The van der Waals surface area contributed by atoms with Gasteiger partial charge in [0.2, 0.25) is 5.24 Å². The number of ether oxygens (including phenoxy) is 2. The van der Waals surface area contributed by atoms with E-state index >= 15 is 0 Å². The van der Waals surface area contributed by atoms with Crippen LogP contribution >= 0.6 is 11.6 Å². The Balaban J connectivity index is 1.65. The molecule has 1 aliphatic rings. The predicted octanol–water partition coefficient (Wildman–Crippen LogP) is 2.76. The zero-order valence-corrected chi connectivity index (χ0v) is 10.9. The van der Waals surface area contributed by atoms with E-state index in [0.29, 0.717) is 19.8 Å². The predicted molar refractivity (Wildman–Crippen MR) is 69.4 cm³/mol. The molecule has 0 radical (unpaired) electrons. The first-order chi connectivity index (χ1) is 8.75. The lowest BCUT2D eigenvalue weighted by Gasteiger charge is -2.26. The van der Waals surface area contributed by atoms with Crippen LogP contribution in [0.25, 0.3) is 0 Å². The Labute approximate surface area is 112 Å². The van der Waals surface area contributed by atoms with E-state index in [2.05, 4.69) is 0 Å². The number of hydrogen-bond donors (Lipinski definition) is 0. The first kappa shape index (κ1) is 13.5. The van der Waals surface area contributed by atoms with Crippen molar-refractivity contribution in [1.82, 2.24) is 0 Å². The zero-order chi connectivity index (χ0) is 12.8. The SMILES string of the molecule is O=C(Cl)C1CCC(COCc2ccccc2)OC1. The summed E-state index contributed by atoms with van der Waals surface area (Å²) in [5.74, 6) is -0.142. The third-order valence-corrected chi connectivity index (χ3v) is 3.42. The molecule has 0 aromatic heterocycles. The molecule has 1 aliphatic heterocycles. The van der Waals surface area contributed by atoms with Crippen LogP contribution in [0.4, 0.5) is 0 Å². The van der Waals surface area contributed by atoms with Crippen LogP contribution in [-0.2, 0) is 20.9 Å². The van der Waals surface area contributed by atoms with Crippen LogP contribution in [0.2, 0.25) is 0 Å². The van der Waals surface area contributed by atoms with Crippen LogP contribution in [0.3, 0.4) is 0 Å².